The molecule has 2 rings (SSSR count). The number of thiazole rings is 1. The second-order valence-corrected chi connectivity index (χ2v) is 6.02. The summed E-state index contributed by atoms with van der Waals surface area (Å²) in [6.07, 6.45) is 4.02. The summed E-state index contributed by atoms with van der Waals surface area (Å²) in [5.74, 6) is 1.72. The van der Waals surface area contributed by atoms with Crippen LogP contribution < -0.4 is 11.1 Å². The van der Waals surface area contributed by atoms with Gasteiger partial charge in [0.2, 0.25) is 0 Å². The lowest BCUT2D eigenvalue weighted by Gasteiger charge is -2.25. The monoisotopic (exact) mass is 394 g/mol. The number of hydrogen-bond donors (Lipinski definition) is 2. The Balaban J connectivity index is 0.00000180. The van der Waals surface area contributed by atoms with Crippen LogP contribution in [0.2, 0.25) is 0 Å². The van der Waals surface area contributed by atoms with Crippen molar-refractivity contribution in [3.05, 3.63) is 16.1 Å². The maximum absolute atomic E-state index is 5.85. The van der Waals surface area contributed by atoms with E-state index in [0.717, 1.165) is 23.2 Å². The number of guanidine groups is 1. The quantitative estimate of drug-likeness (QED) is 0.459. The molecule has 0 spiro atoms. The summed E-state index contributed by atoms with van der Waals surface area (Å²) in [6.45, 7) is 5.84. The maximum Gasteiger partial charge on any atom is 0.188 e. The number of aromatic nitrogens is 1. The molecule has 108 valence electrons. The zero-order chi connectivity index (χ0) is 13.0. The van der Waals surface area contributed by atoms with Gasteiger partial charge in [0.25, 0.3) is 0 Å². The maximum atomic E-state index is 5.85. The minimum atomic E-state index is 0. The third-order valence-electron chi connectivity index (χ3n) is 3.39. The average molecular weight is 394 g/mol. The predicted octanol–water partition coefficient (Wildman–Crippen LogP) is 2.88. The van der Waals surface area contributed by atoms with E-state index in [9.17, 15) is 0 Å². The van der Waals surface area contributed by atoms with Crippen LogP contribution in [0.25, 0.3) is 0 Å². The number of hydrogen-bond acceptors (Lipinski definition) is 3. The van der Waals surface area contributed by atoms with Crippen molar-refractivity contribution in [2.24, 2.45) is 16.6 Å². The molecule has 0 bridgehead atoms. The minimum Gasteiger partial charge on any atom is -0.370 e. The molecule has 19 heavy (non-hydrogen) atoms. The van der Waals surface area contributed by atoms with Gasteiger partial charge in [-0.25, -0.2) is 4.98 Å². The lowest BCUT2D eigenvalue weighted by Crippen LogP contribution is -2.37. The highest BCUT2D eigenvalue weighted by atomic mass is 127. The van der Waals surface area contributed by atoms with Gasteiger partial charge in [-0.2, -0.15) is 0 Å². The van der Waals surface area contributed by atoms with Gasteiger partial charge in [0, 0.05) is 23.5 Å². The SMILES string of the molecule is Cc1csc(C(C)CN=C(N)NCC2CCC2)n1.I. The van der Waals surface area contributed by atoms with Crippen molar-refractivity contribution >= 4 is 41.3 Å². The van der Waals surface area contributed by atoms with Gasteiger partial charge >= 0.3 is 0 Å². The highest BCUT2D eigenvalue weighted by Gasteiger charge is 2.16. The van der Waals surface area contributed by atoms with Crippen LogP contribution in [0, 0.1) is 12.8 Å². The molecule has 3 N–H and O–H groups in total. The second-order valence-electron chi connectivity index (χ2n) is 5.13. The van der Waals surface area contributed by atoms with Gasteiger partial charge in [-0.1, -0.05) is 13.3 Å². The standard InChI is InChI=1S/C13H22N4S.HI/c1-9(12-17-10(2)8-18-12)6-15-13(14)16-7-11-4-3-5-11;/h8-9,11H,3-7H2,1-2H3,(H3,14,15,16);1H. The molecule has 1 aliphatic rings. The first-order valence-corrected chi connectivity index (χ1v) is 7.49. The van der Waals surface area contributed by atoms with E-state index in [1.165, 1.54) is 19.3 Å². The highest BCUT2D eigenvalue weighted by Crippen LogP contribution is 2.25. The van der Waals surface area contributed by atoms with Gasteiger partial charge in [-0.15, -0.1) is 35.3 Å². The van der Waals surface area contributed by atoms with E-state index in [-0.39, 0.29) is 24.0 Å². The molecule has 4 nitrogen and oxygen atoms in total. The zero-order valence-electron chi connectivity index (χ0n) is 11.6. The summed E-state index contributed by atoms with van der Waals surface area (Å²) in [4.78, 5) is 8.86. The molecule has 6 heteroatoms. The van der Waals surface area contributed by atoms with Gasteiger partial charge in [0.1, 0.15) is 0 Å². The van der Waals surface area contributed by atoms with Gasteiger partial charge in [-0.05, 0) is 25.7 Å². The first kappa shape index (κ1) is 16.7. The molecule has 0 aromatic carbocycles. The normalized spacial score (nSPS) is 17.5. The third-order valence-corrected chi connectivity index (χ3v) is 4.58. The first-order valence-electron chi connectivity index (χ1n) is 6.61. The summed E-state index contributed by atoms with van der Waals surface area (Å²) in [5, 5.41) is 6.43. The molecule has 1 aromatic rings. The van der Waals surface area contributed by atoms with Gasteiger partial charge < -0.3 is 11.1 Å². The van der Waals surface area contributed by atoms with E-state index in [0.29, 0.717) is 18.4 Å². The van der Waals surface area contributed by atoms with Crippen molar-refractivity contribution in [2.75, 3.05) is 13.1 Å². The molecule has 0 radical (unpaired) electrons. The number of nitrogens with one attached hydrogen (secondary N) is 1. The van der Waals surface area contributed by atoms with Crippen molar-refractivity contribution in [2.45, 2.75) is 39.0 Å². The topological polar surface area (TPSA) is 63.3 Å². The zero-order valence-corrected chi connectivity index (χ0v) is 14.7. The van der Waals surface area contributed by atoms with E-state index in [1.54, 1.807) is 11.3 Å². The van der Waals surface area contributed by atoms with Crippen molar-refractivity contribution in [1.29, 1.82) is 0 Å². The lowest BCUT2D eigenvalue weighted by atomic mass is 9.85. The van der Waals surface area contributed by atoms with E-state index in [1.807, 2.05) is 6.92 Å². The number of aryl methyl sites for hydroxylation is 1. The third kappa shape index (κ3) is 5.25. The Hall–Kier alpha value is -0.370. The molecule has 0 saturated heterocycles. The van der Waals surface area contributed by atoms with E-state index < -0.39 is 0 Å². The molecule has 1 atom stereocenters. The Morgan fingerprint density at radius 2 is 2.37 bits per heavy atom. The summed E-state index contributed by atoms with van der Waals surface area (Å²) < 4.78 is 0. The summed E-state index contributed by atoms with van der Waals surface area (Å²) in [7, 11) is 0. The molecule has 1 aliphatic carbocycles. The summed E-state index contributed by atoms with van der Waals surface area (Å²) >= 11 is 1.70. The minimum absolute atomic E-state index is 0. The van der Waals surface area contributed by atoms with Gasteiger partial charge in [0.15, 0.2) is 5.96 Å². The number of aliphatic imine (C=N–C) groups is 1. The van der Waals surface area contributed by atoms with E-state index in [2.05, 4.69) is 27.6 Å². The fourth-order valence-electron chi connectivity index (χ4n) is 1.91. The molecule has 0 aliphatic heterocycles. The summed E-state index contributed by atoms with van der Waals surface area (Å²) in [5.41, 5.74) is 6.94. The van der Waals surface area contributed by atoms with Crippen molar-refractivity contribution in [3.63, 3.8) is 0 Å². The highest BCUT2D eigenvalue weighted by molar-refractivity contribution is 14.0. The largest absolute Gasteiger partial charge is 0.370 e. The molecule has 1 unspecified atom stereocenters. The van der Waals surface area contributed by atoms with Crippen LogP contribution >= 0.6 is 35.3 Å². The number of halogens is 1. The van der Waals surface area contributed by atoms with Crippen LogP contribution in [0.3, 0.4) is 0 Å². The number of nitrogens with two attached hydrogens (primary N) is 1. The Morgan fingerprint density at radius 1 is 1.63 bits per heavy atom. The van der Waals surface area contributed by atoms with Crippen LogP contribution in [-0.2, 0) is 0 Å². The Kier molecular flexibility index (Phi) is 7.06. The fourth-order valence-corrected chi connectivity index (χ4v) is 2.76. The molecular formula is C13H23IN4S. The van der Waals surface area contributed by atoms with Crippen LogP contribution in [-0.4, -0.2) is 24.0 Å². The average Bonchev–Trinajstić information content (AvgIpc) is 2.70. The Bertz CT molecular complexity index is 415. The van der Waals surface area contributed by atoms with Crippen LogP contribution in [0.5, 0.6) is 0 Å². The second kappa shape index (κ2) is 8.04. The van der Waals surface area contributed by atoms with Crippen molar-refractivity contribution in [3.8, 4) is 0 Å². The Labute approximate surface area is 136 Å². The summed E-state index contributed by atoms with van der Waals surface area (Å²) in [6, 6.07) is 0. The van der Waals surface area contributed by atoms with Crippen molar-refractivity contribution < 1.29 is 0 Å². The van der Waals surface area contributed by atoms with Crippen molar-refractivity contribution in [1.82, 2.24) is 10.3 Å². The molecular weight excluding hydrogens is 371 g/mol. The molecule has 1 saturated carbocycles. The first-order chi connectivity index (χ1) is 8.65. The fraction of sp³-hybridized carbons (Fsp3) is 0.692. The van der Waals surface area contributed by atoms with Gasteiger partial charge in [0.05, 0.1) is 11.6 Å². The van der Waals surface area contributed by atoms with Crippen LogP contribution in [0.1, 0.15) is 42.8 Å². The Morgan fingerprint density at radius 3 is 2.89 bits per heavy atom. The van der Waals surface area contributed by atoms with Crippen LogP contribution in [0.15, 0.2) is 10.4 Å². The number of nitrogens with zero attached hydrogens (tertiary/aromatic N) is 2. The van der Waals surface area contributed by atoms with E-state index >= 15 is 0 Å². The predicted molar refractivity (Wildman–Crippen MR) is 92.5 cm³/mol. The number of rotatable bonds is 5. The van der Waals surface area contributed by atoms with Crippen LogP contribution in [0.4, 0.5) is 0 Å². The molecule has 1 fully saturated rings. The van der Waals surface area contributed by atoms with E-state index in [4.69, 9.17) is 5.73 Å². The molecule has 1 heterocycles. The van der Waals surface area contributed by atoms with Gasteiger partial charge in [-0.3, -0.25) is 4.99 Å². The smallest absolute Gasteiger partial charge is 0.188 e. The molecule has 0 amide bonds. The lowest BCUT2D eigenvalue weighted by molar-refractivity contribution is 0.315. The molecule has 1 aromatic heterocycles.